The lowest BCUT2D eigenvalue weighted by Gasteiger charge is -2.29. The smallest absolute Gasteiger partial charge is 0.340 e. The van der Waals surface area contributed by atoms with Gasteiger partial charge in [-0.15, -0.1) is 0 Å². The molecule has 0 unspecified atom stereocenters. The summed E-state index contributed by atoms with van der Waals surface area (Å²) < 4.78 is 5.27. The molecule has 6 nitrogen and oxygen atoms in total. The van der Waals surface area contributed by atoms with Crippen molar-refractivity contribution in [3.8, 4) is 0 Å². The Morgan fingerprint density at radius 2 is 1.88 bits per heavy atom. The Labute approximate surface area is 150 Å². The molecule has 1 aliphatic heterocycles. The average molecular weight is 347 g/mol. The summed E-state index contributed by atoms with van der Waals surface area (Å²) in [5, 5.41) is 0. The van der Waals surface area contributed by atoms with Crippen molar-refractivity contribution < 1.29 is 14.3 Å². The first-order valence-electron chi connectivity index (χ1n) is 8.49. The molecule has 6 heteroatoms. The van der Waals surface area contributed by atoms with Gasteiger partial charge in [-0.3, -0.25) is 14.8 Å². The van der Waals surface area contributed by atoms with Crippen molar-refractivity contribution in [2.45, 2.75) is 12.8 Å². The lowest BCUT2D eigenvalue weighted by atomic mass is 10.0. The molecule has 130 valence electrons. The quantitative estimate of drug-likeness (QED) is 0.681. The fourth-order valence-electron chi connectivity index (χ4n) is 3.23. The van der Waals surface area contributed by atoms with Crippen LogP contribution in [0.1, 0.15) is 22.3 Å². The summed E-state index contributed by atoms with van der Waals surface area (Å²) in [7, 11) is 0. The molecule has 0 aliphatic carbocycles. The zero-order valence-corrected chi connectivity index (χ0v) is 14.1. The topological polar surface area (TPSA) is 72.4 Å². The van der Waals surface area contributed by atoms with Crippen molar-refractivity contribution in [2.75, 3.05) is 18.1 Å². The molecule has 2 heterocycles. The van der Waals surface area contributed by atoms with E-state index >= 15 is 0 Å². The second kappa shape index (κ2) is 6.92. The van der Waals surface area contributed by atoms with E-state index < -0.39 is 5.97 Å². The van der Waals surface area contributed by atoms with Crippen LogP contribution in [0.15, 0.2) is 54.9 Å². The van der Waals surface area contributed by atoms with Gasteiger partial charge in [-0.25, -0.2) is 4.79 Å². The number of carbonyl (C=O) groups is 2. The van der Waals surface area contributed by atoms with Crippen LogP contribution >= 0.6 is 0 Å². The molecule has 0 radical (unpaired) electrons. The molecule has 2 aromatic carbocycles. The summed E-state index contributed by atoms with van der Waals surface area (Å²) in [4.78, 5) is 35.1. The minimum absolute atomic E-state index is 0.225. The van der Waals surface area contributed by atoms with Gasteiger partial charge >= 0.3 is 5.97 Å². The first kappa shape index (κ1) is 16.2. The number of hydrogen-bond acceptors (Lipinski definition) is 5. The maximum absolute atomic E-state index is 12.6. The number of aryl methyl sites for hydroxylation is 1. The minimum Gasteiger partial charge on any atom is -0.452 e. The van der Waals surface area contributed by atoms with E-state index in [9.17, 15) is 9.59 Å². The van der Waals surface area contributed by atoms with E-state index in [1.54, 1.807) is 29.3 Å². The number of rotatable bonds is 3. The summed E-state index contributed by atoms with van der Waals surface area (Å²) >= 11 is 0. The molecule has 0 fully saturated rings. The minimum atomic E-state index is -0.574. The molecule has 0 N–H and O–H groups in total. The number of nitrogens with zero attached hydrogens (tertiary/aromatic N) is 3. The summed E-state index contributed by atoms with van der Waals surface area (Å²) in [6.45, 7) is 0.330. The average Bonchev–Trinajstić information content (AvgIpc) is 2.71. The molecule has 3 aromatic rings. The fourth-order valence-corrected chi connectivity index (χ4v) is 3.23. The predicted molar refractivity (Wildman–Crippen MR) is 96.9 cm³/mol. The Bertz CT molecular complexity index is 981. The molecule has 0 saturated heterocycles. The number of anilines is 1. The van der Waals surface area contributed by atoms with Crippen molar-refractivity contribution in [2.24, 2.45) is 0 Å². The molecule has 0 bridgehead atoms. The number of para-hydroxylation sites is 2. The van der Waals surface area contributed by atoms with Crippen LogP contribution in [0.3, 0.4) is 0 Å². The number of carbonyl (C=O) groups excluding carboxylic acids is 2. The first-order valence-corrected chi connectivity index (χ1v) is 8.49. The van der Waals surface area contributed by atoms with Crippen LogP contribution in [0.2, 0.25) is 0 Å². The molecule has 1 amide bonds. The summed E-state index contributed by atoms with van der Waals surface area (Å²) in [5.74, 6) is -0.799. The second-order valence-electron chi connectivity index (χ2n) is 6.08. The van der Waals surface area contributed by atoms with Gasteiger partial charge in [0, 0.05) is 24.6 Å². The third-order valence-corrected chi connectivity index (χ3v) is 4.46. The van der Waals surface area contributed by atoms with Gasteiger partial charge in [0.15, 0.2) is 6.61 Å². The van der Waals surface area contributed by atoms with E-state index in [0.717, 1.165) is 24.1 Å². The van der Waals surface area contributed by atoms with Gasteiger partial charge in [-0.05, 0) is 36.6 Å². The zero-order chi connectivity index (χ0) is 17.9. The highest BCUT2D eigenvalue weighted by molar-refractivity contribution is 6.03. The van der Waals surface area contributed by atoms with E-state index in [-0.39, 0.29) is 12.5 Å². The number of aromatic nitrogens is 2. The zero-order valence-electron chi connectivity index (χ0n) is 14.1. The van der Waals surface area contributed by atoms with Crippen LogP contribution < -0.4 is 4.90 Å². The van der Waals surface area contributed by atoms with Crippen molar-refractivity contribution in [3.05, 3.63) is 66.0 Å². The van der Waals surface area contributed by atoms with Crippen LogP contribution in [-0.4, -0.2) is 35.0 Å². The Morgan fingerprint density at radius 3 is 2.81 bits per heavy atom. The fraction of sp³-hybridized carbons (Fsp3) is 0.200. The number of hydrogen-bond donors (Lipinski definition) is 0. The van der Waals surface area contributed by atoms with Crippen molar-refractivity contribution in [1.29, 1.82) is 0 Å². The van der Waals surface area contributed by atoms with E-state index in [1.807, 2.05) is 24.3 Å². The number of esters is 1. The van der Waals surface area contributed by atoms with Gasteiger partial charge in [-0.1, -0.05) is 24.3 Å². The summed E-state index contributed by atoms with van der Waals surface area (Å²) in [5.41, 5.74) is 3.43. The maximum Gasteiger partial charge on any atom is 0.340 e. The van der Waals surface area contributed by atoms with E-state index in [0.29, 0.717) is 23.1 Å². The molecule has 1 aromatic heterocycles. The van der Waals surface area contributed by atoms with Gasteiger partial charge in [0.2, 0.25) is 0 Å². The highest BCUT2D eigenvalue weighted by atomic mass is 16.5. The number of fused-ring (bicyclic) bond motifs is 2. The first-order chi connectivity index (χ1) is 12.7. The van der Waals surface area contributed by atoms with Gasteiger partial charge in [0.1, 0.15) is 5.52 Å². The van der Waals surface area contributed by atoms with Crippen molar-refractivity contribution in [1.82, 2.24) is 9.97 Å². The molecular formula is C20H17N3O3. The van der Waals surface area contributed by atoms with E-state index in [1.165, 1.54) is 6.20 Å². The molecular weight excluding hydrogens is 330 g/mol. The number of amides is 1. The lowest BCUT2D eigenvalue weighted by Crippen LogP contribution is -2.38. The van der Waals surface area contributed by atoms with E-state index in [4.69, 9.17) is 4.74 Å². The molecule has 1 aliphatic rings. The molecule has 0 saturated carbocycles. The number of ether oxygens (including phenoxy) is 1. The Balaban J connectivity index is 1.49. The third-order valence-electron chi connectivity index (χ3n) is 4.46. The third kappa shape index (κ3) is 3.01. The highest BCUT2D eigenvalue weighted by Crippen LogP contribution is 2.26. The maximum atomic E-state index is 12.6. The molecule has 4 rings (SSSR count). The highest BCUT2D eigenvalue weighted by Gasteiger charge is 2.23. The Hall–Kier alpha value is -3.28. The standard InChI is InChI=1S/C20H17N3O3/c24-18(23-12-4-6-14-5-1-2-9-17(14)23)13-26-20(25)15-7-3-8-16-19(15)22-11-10-21-16/h1-3,5,7-11H,4,6,12-13H2. The summed E-state index contributed by atoms with van der Waals surface area (Å²) in [6.07, 6.45) is 4.94. The van der Waals surface area contributed by atoms with Crippen molar-refractivity contribution >= 4 is 28.6 Å². The SMILES string of the molecule is O=C(OCC(=O)N1CCCc2ccccc21)c1cccc2nccnc12. The Morgan fingerprint density at radius 1 is 1.04 bits per heavy atom. The van der Waals surface area contributed by atoms with Crippen LogP contribution in [0.4, 0.5) is 5.69 Å². The van der Waals surface area contributed by atoms with Crippen LogP contribution in [0.25, 0.3) is 11.0 Å². The van der Waals surface area contributed by atoms with Gasteiger partial charge < -0.3 is 9.64 Å². The predicted octanol–water partition coefficient (Wildman–Crippen LogP) is 2.77. The van der Waals surface area contributed by atoms with Crippen LogP contribution in [-0.2, 0) is 16.0 Å². The normalized spacial score (nSPS) is 13.3. The monoisotopic (exact) mass is 347 g/mol. The Kier molecular flexibility index (Phi) is 4.31. The van der Waals surface area contributed by atoms with Crippen LogP contribution in [0.5, 0.6) is 0 Å². The molecule has 26 heavy (non-hydrogen) atoms. The van der Waals surface area contributed by atoms with Crippen LogP contribution in [0, 0.1) is 0 Å². The molecule has 0 spiro atoms. The largest absolute Gasteiger partial charge is 0.452 e. The van der Waals surface area contributed by atoms with Gasteiger partial charge in [0.05, 0.1) is 11.1 Å². The summed E-state index contributed by atoms with van der Waals surface area (Å²) in [6, 6.07) is 12.9. The van der Waals surface area contributed by atoms with Gasteiger partial charge in [-0.2, -0.15) is 0 Å². The number of benzene rings is 2. The lowest BCUT2D eigenvalue weighted by molar-refractivity contribution is -0.121. The van der Waals surface area contributed by atoms with Gasteiger partial charge in [0.25, 0.3) is 5.91 Å². The van der Waals surface area contributed by atoms with Crippen molar-refractivity contribution in [3.63, 3.8) is 0 Å². The second-order valence-corrected chi connectivity index (χ2v) is 6.08. The molecule has 0 atom stereocenters. The van der Waals surface area contributed by atoms with E-state index in [2.05, 4.69) is 9.97 Å².